The van der Waals surface area contributed by atoms with Gasteiger partial charge in [0, 0.05) is 37.3 Å². The maximum Gasteiger partial charge on any atom is 0.314 e. The van der Waals surface area contributed by atoms with Crippen LogP contribution in [0, 0.1) is 0 Å². The summed E-state index contributed by atoms with van der Waals surface area (Å²) in [6.45, 7) is 1.07. The van der Waals surface area contributed by atoms with Gasteiger partial charge >= 0.3 is 6.03 Å². The van der Waals surface area contributed by atoms with Gasteiger partial charge < -0.3 is 30.7 Å². The molecule has 0 bridgehead atoms. The van der Waals surface area contributed by atoms with E-state index in [4.69, 9.17) is 9.47 Å². The van der Waals surface area contributed by atoms with Gasteiger partial charge in [0.05, 0.1) is 14.2 Å². The molecule has 0 atom stereocenters. The van der Waals surface area contributed by atoms with Gasteiger partial charge in [0.1, 0.15) is 11.5 Å². The summed E-state index contributed by atoms with van der Waals surface area (Å²) in [6.07, 6.45) is 0. The number of urea groups is 1. The lowest BCUT2D eigenvalue weighted by Crippen LogP contribution is -2.43. The zero-order valence-corrected chi connectivity index (χ0v) is 17.0. The van der Waals surface area contributed by atoms with Crippen molar-refractivity contribution in [2.45, 2.75) is 0 Å². The minimum absolute atomic E-state index is 0.253. The van der Waals surface area contributed by atoms with Crippen LogP contribution in [0.3, 0.4) is 0 Å². The molecule has 0 unspecified atom stereocenters. The van der Waals surface area contributed by atoms with E-state index < -0.39 is 0 Å². The van der Waals surface area contributed by atoms with Crippen LogP contribution in [0.1, 0.15) is 20.7 Å². The summed E-state index contributed by atoms with van der Waals surface area (Å²) in [5.41, 5.74) is 0.955. The van der Waals surface area contributed by atoms with Gasteiger partial charge in [0.2, 0.25) is 0 Å². The van der Waals surface area contributed by atoms with E-state index in [1.54, 1.807) is 48.5 Å². The van der Waals surface area contributed by atoms with Crippen LogP contribution in [0.4, 0.5) is 4.79 Å². The van der Waals surface area contributed by atoms with Crippen molar-refractivity contribution < 1.29 is 23.9 Å². The summed E-state index contributed by atoms with van der Waals surface area (Å²) in [4.78, 5) is 35.9. The number of carbonyl (C=O) groups is 3. The van der Waals surface area contributed by atoms with Crippen LogP contribution in [-0.4, -0.2) is 58.2 Å². The maximum absolute atomic E-state index is 12.0. The highest BCUT2D eigenvalue weighted by Gasteiger charge is 2.07. The number of carbonyl (C=O) groups excluding carboxylic acids is 3. The molecule has 160 valence electrons. The van der Waals surface area contributed by atoms with Crippen molar-refractivity contribution in [3.05, 3.63) is 59.7 Å². The van der Waals surface area contributed by atoms with E-state index in [-0.39, 0.29) is 44.0 Å². The zero-order chi connectivity index (χ0) is 21.8. The molecule has 0 radical (unpaired) electrons. The highest BCUT2D eigenvalue weighted by atomic mass is 16.5. The van der Waals surface area contributed by atoms with Crippen LogP contribution < -0.4 is 30.7 Å². The number of nitrogens with one attached hydrogen (secondary N) is 4. The predicted octanol–water partition coefficient (Wildman–Crippen LogP) is 1.16. The van der Waals surface area contributed by atoms with E-state index in [9.17, 15) is 14.4 Å². The number of methoxy groups -OCH3 is 2. The number of amides is 4. The molecule has 0 fully saturated rings. The first-order valence-electron chi connectivity index (χ1n) is 9.39. The normalized spacial score (nSPS) is 9.93. The molecule has 0 aliphatic heterocycles. The minimum Gasteiger partial charge on any atom is -0.497 e. The van der Waals surface area contributed by atoms with Crippen LogP contribution in [0.2, 0.25) is 0 Å². The van der Waals surface area contributed by atoms with Gasteiger partial charge in [-0.2, -0.15) is 0 Å². The molecular weight excluding hydrogens is 388 g/mol. The molecule has 0 aromatic heterocycles. The van der Waals surface area contributed by atoms with Crippen molar-refractivity contribution in [3.63, 3.8) is 0 Å². The largest absolute Gasteiger partial charge is 0.497 e. The molecule has 0 heterocycles. The highest BCUT2D eigenvalue weighted by molar-refractivity contribution is 5.95. The van der Waals surface area contributed by atoms with Gasteiger partial charge in [-0.25, -0.2) is 4.79 Å². The Morgan fingerprint density at radius 2 is 1.07 bits per heavy atom. The second-order valence-corrected chi connectivity index (χ2v) is 6.16. The van der Waals surface area contributed by atoms with E-state index in [1.165, 1.54) is 14.2 Å². The van der Waals surface area contributed by atoms with Crippen LogP contribution in [-0.2, 0) is 0 Å². The molecule has 2 rings (SSSR count). The first-order chi connectivity index (χ1) is 14.5. The third-order valence-corrected chi connectivity index (χ3v) is 4.06. The average Bonchev–Trinajstić information content (AvgIpc) is 2.79. The number of benzene rings is 2. The molecule has 0 aliphatic rings. The van der Waals surface area contributed by atoms with Crippen molar-refractivity contribution in [2.75, 3.05) is 40.4 Å². The first kappa shape index (κ1) is 22.5. The third-order valence-electron chi connectivity index (χ3n) is 4.06. The Morgan fingerprint density at radius 1 is 0.667 bits per heavy atom. The Kier molecular flexibility index (Phi) is 8.98. The zero-order valence-electron chi connectivity index (χ0n) is 17.0. The molecule has 30 heavy (non-hydrogen) atoms. The van der Waals surface area contributed by atoms with Crippen molar-refractivity contribution in [1.82, 2.24) is 21.3 Å². The monoisotopic (exact) mass is 414 g/mol. The van der Waals surface area contributed by atoms with Gasteiger partial charge in [-0.15, -0.1) is 0 Å². The SMILES string of the molecule is COc1cccc(C(=O)NCCNC(=O)NCCNC(=O)c2cccc(OC)c2)c1. The minimum atomic E-state index is -0.388. The van der Waals surface area contributed by atoms with Gasteiger partial charge in [0.15, 0.2) is 0 Å². The van der Waals surface area contributed by atoms with Gasteiger partial charge in [-0.3, -0.25) is 9.59 Å². The predicted molar refractivity (Wildman–Crippen MR) is 112 cm³/mol. The highest BCUT2D eigenvalue weighted by Crippen LogP contribution is 2.12. The second kappa shape index (κ2) is 11.9. The molecular formula is C21H26N4O5. The number of hydrogen-bond acceptors (Lipinski definition) is 5. The van der Waals surface area contributed by atoms with E-state index >= 15 is 0 Å². The lowest BCUT2D eigenvalue weighted by atomic mass is 10.2. The van der Waals surface area contributed by atoms with Crippen LogP contribution in [0.25, 0.3) is 0 Å². The number of ether oxygens (including phenoxy) is 2. The fourth-order valence-corrected chi connectivity index (χ4v) is 2.50. The van der Waals surface area contributed by atoms with Gasteiger partial charge in [-0.05, 0) is 36.4 Å². The number of hydrogen-bond donors (Lipinski definition) is 4. The van der Waals surface area contributed by atoms with Gasteiger partial charge in [-0.1, -0.05) is 12.1 Å². The molecule has 4 amide bonds. The molecule has 2 aromatic rings. The van der Waals surface area contributed by atoms with Gasteiger partial charge in [0.25, 0.3) is 11.8 Å². The van der Waals surface area contributed by atoms with Crippen molar-refractivity contribution in [2.24, 2.45) is 0 Å². The van der Waals surface area contributed by atoms with Crippen LogP contribution in [0.5, 0.6) is 11.5 Å². The Morgan fingerprint density at radius 3 is 1.47 bits per heavy atom. The summed E-state index contributed by atoms with van der Waals surface area (Å²) in [5.74, 6) is 0.685. The fourth-order valence-electron chi connectivity index (χ4n) is 2.50. The Hall–Kier alpha value is -3.75. The summed E-state index contributed by atoms with van der Waals surface area (Å²) >= 11 is 0. The molecule has 0 saturated heterocycles. The summed E-state index contributed by atoms with van der Waals surface area (Å²) in [5, 5.41) is 10.7. The average molecular weight is 414 g/mol. The van der Waals surface area contributed by atoms with E-state index in [0.29, 0.717) is 22.6 Å². The topological polar surface area (TPSA) is 118 Å². The molecule has 0 saturated carbocycles. The third kappa shape index (κ3) is 7.34. The Bertz CT molecular complexity index is 802. The summed E-state index contributed by atoms with van der Waals surface area (Å²) < 4.78 is 10.2. The van der Waals surface area contributed by atoms with E-state index in [2.05, 4.69) is 21.3 Å². The summed E-state index contributed by atoms with van der Waals surface area (Å²) in [6, 6.07) is 13.2. The second-order valence-electron chi connectivity index (χ2n) is 6.16. The standard InChI is InChI=1S/C21H26N4O5/c1-29-17-7-3-5-15(13-17)19(26)22-9-11-24-21(28)25-12-10-23-20(27)16-6-4-8-18(14-16)30-2/h3-8,13-14H,9-12H2,1-2H3,(H,22,26)(H,23,27)(H2,24,25,28). The molecule has 0 aliphatic carbocycles. The fraction of sp³-hybridized carbons (Fsp3) is 0.286. The molecule has 9 nitrogen and oxygen atoms in total. The molecule has 4 N–H and O–H groups in total. The first-order valence-corrected chi connectivity index (χ1v) is 9.39. The molecule has 0 spiro atoms. The van der Waals surface area contributed by atoms with Crippen LogP contribution in [0.15, 0.2) is 48.5 Å². The summed E-state index contributed by atoms with van der Waals surface area (Å²) in [7, 11) is 3.06. The van der Waals surface area contributed by atoms with Crippen molar-refractivity contribution >= 4 is 17.8 Å². The maximum atomic E-state index is 12.0. The number of rotatable bonds is 10. The molecule has 2 aromatic carbocycles. The van der Waals surface area contributed by atoms with Crippen molar-refractivity contribution in [1.29, 1.82) is 0 Å². The van der Waals surface area contributed by atoms with Crippen molar-refractivity contribution in [3.8, 4) is 11.5 Å². The Balaban J connectivity index is 1.58. The van der Waals surface area contributed by atoms with Crippen LogP contribution >= 0.6 is 0 Å². The van der Waals surface area contributed by atoms with E-state index in [0.717, 1.165) is 0 Å². The molecule has 9 heteroatoms. The lowest BCUT2D eigenvalue weighted by Gasteiger charge is -2.10. The quantitative estimate of drug-likeness (QED) is 0.435. The van der Waals surface area contributed by atoms with E-state index in [1.807, 2.05) is 0 Å². The smallest absolute Gasteiger partial charge is 0.314 e. The lowest BCUT2D eigenvalue weighted by molar-refractivity contribution is 0.0946. The Labute approximate surface area is 175 Å².